The van der Waals surface area contributed by atoms with Crippen LogP contribution in [-0.2, 0) is 0 Å². The molecule has 1 aromatic carbocycles. The summed E-state index contributed by atoms with van der Waals surface area (Å²) in [6, 6.07) is 5.65. The predicted molar refractivity (Wildman–Crippen MR) is 70.7 cm³/mol. The number of ether oxygens (including phenoxy) is 1. The van der Waals surface area contributed by atoms with Gasteiger partial charge < -0.3 is 4.74 Å². The van der Waals surface area contributed by atoms with Crippen LogP contribution in [0.5, 0.6) is 5.75 Å². The van der Waals surface area contributed by atoms with Crippen molar-refractivity contribution in [2.75, 3.05) is 7.11 Å². The van der Waals surface area contributed by atoms with Crippen molar-refractivity contribution in [2.24, 2.45) is 5.92 Å². The van der Waals surface area contributed by atoms with Gasteiger partial charge in [-0.05, 0) is 36.5 Å². The molecule has 16 heavy (non-hydrogen) atoms. The van der Waals surface area contributed by atoms with Crippen molar-refractivity contribution in [3.63, 3.8) is 0 Å². The number of halogens is 2. The van der Waals surface area contributed by atoms with Crippen LogP contribution in [0.4, 0.5) is 0 Å². The largest absolute Gasteiger partial charge is 0.497 e. The lowest BCUT2D eigenvalue weighted by atomic mass is 10.0. The molecule has 0 bridgehead atoms. The molecule has 0 aliphatic heterocycles. The Labute approximate surface area is 108 Å². The Balaban J connectivity index is 2.71. The Kier molecular flexibility index (Phi) is 5.43. The van der Waals surface area contributed by atoms with Crippen LogP contribution in [0.15, 0.2) is 18.2 Å². The highest BCUT2D eigenvalue weighted by molar-refractivity contribution is 6.32. The maximum Gasteiger partial charge on any atom is 0.120 e. The van der Waals surface area contributed by atoms with Crippen molar-refractivity contribution >= 4 is 23.2 Å². The average Bonchev–Trinajstić information content (AvgIpc) is 2.25. The van der Waals surface area contributed by atoms with Crippen LogP contribution in [0.25, 0.3) is 0 Å². The van der Waals surface area contributed by atoms with Crippen molar-refractivity contribution in [1.82, 2.24) is 0 Å². The first kappa shape index (κ1) is 13.7. The first-order valence-corrected chi connectivity index (χ1v) is 6.33. The topological polar surface area (TPSA) is 9.23 Å². The lowest BCUT2D eigenvalue weighted by Gasteiger charge is -2.13. The first-order valence-electron chi connectivity index (χ1n) is 5.52. The lowest BCUT2D eigenvalue weighted by Crippen LogP contribution is -1.96. The van der Waals surface area contributed by atoms with Crippen molar-refractivity contribution in [3.8, 4) is 5.75 Å². The molecule has 0 fully saturated rings. The minimum absolute atomic E-state index is 0.0131. The summed E-state index contributed by atoms with van der Waals surface area (Å²) in [5, 5.41) is 0.670. The number of alkyl halides is 1. The zero-order chi connectivity index (χ0) is 12.1. The maximum absolute atomic E-state index is 6.33. The van der Waals surface area contributed by atoms with Crippen molar-refractivity contribution in [2.45, 2.75) is 32.1 Å². The second-order valence-electron chi connectivity index (χ2n) is 4.33. The molecule has 0 N–H and O–H groups in total. The fourth-order valence-corrected chi connectivity index (χ4v) is 2.20. The van der Waals surface area contributed by atoms with Gasteiger partial charge in [0.1, 0.15) is 5.75 Å². The van der Waals surface area contributed by atoms with Gasteiger partial charge in [0, 0.05) is 5.02 Å². The van der Waals surface area contributed by atoms with Gasteiger partial charge in [0.2, 0.25) is 0 Å². The summed E-state index contributed by atoms with van der Waals surface area (Å²) in [7, 11) is 1.63. The maximum atomic E-state index is 6.33. The third kappa shape index (κ3) is 3.88. The van der Waals surface area contributed by atoms with Crippen molar-refractivity contribution in [1.29, 1.82) is 0 Å². The van der Waals surface area contributed by atoms with Crippen LogP contribution < -0.4 is 4.74 Å². The second kappa shape index (κ2) is 6.36. The minimum atomic E-state index is -0.0131. The van der Waals surface area contributed by atoms with E-state index in [4.69, 9.17) is 27.9 Å². The van der Waals surface area contributed by atoms with E-state index >= 15 is 0 Å². The average molecular weight is 261 g/mol. The van der Waals surface area contributed by atoms with E-state index in [2.05, 4.69) is 13.8 Å². The highest BCUT2D eigenvalue weighted by Gasteiger charge is 2.13. The third-order valence-electron chi connectivity index (χ3n) is 2.54. The quantitative estimate of drug-likeness (QED) is 0.673. The molecule has 0 radical (unpaired) electrons. The van der Waals surface area contributed by atoms with Crippen molar-refractivity contribution in [3.05, 3.63) is 28.8 Å². The summed E-state index contributed by atoms with van der Waals surface area (Å²) in [6.45, 7) is 4.39. The van der Waals surface area contributed by atoms with Gasteiger partial charge in [-0.3, -0.25) is 0 Å². The molecular formula is C13H18Cl2O. The zero-order valence-corrected chi connectivity index (χ0v) is 11.5. The van der Waals surface area contributed by atoms with E-state index < -0.39 is 0 Å². The Morgan fingerprint density at radius 2 is 1.94 bits per heavy atom. The molecule has 1 unspecified atom stereocenters. The number of hydrogen-bond acceptors (Lipinski definition) is 1. The number of hydrogen-bond donors (Lipinski definition) is 0. The fourth-order valence-electron chi connectivity index (χ4n) is 1.52. The Morgan fingerprint density at radius 1 is 1.25 bits per heavy atom. The van der Waals surface area contributed by atoms with Gasteiger partial charge in [-0.15, -0.1) is 11.6 Å². The highest BCUT2D eigenvalue weighted by atomic mass is 35.5. The van der Waals surface area contributed by atoms with E-state index in [1.165, 1.54) is 0 Å². The molecule has 1 rings (SSSR count). The van der Waals surface area contributed by atoms with E-state index in [-0.39, 0.29) is 5.38 Å². The fraction of sp³-hybridized carbons (Fsp3) is 0.538. The molecule has 1 atom stereocenters. The van der Waals surface area contributed by atoms with Gasteiger partial charge in [0.25, 0.3) is 0 Å². The summed E-state index contributed by atoms with van der Waals surface area (Å²) in [5.41, 5.74) is 0.991. The standard InChI is InChI=1S/C13H18Cl2O/c1-9(2)4-7-12(14)11-6-5-10(16-3)8-13(11)15/h5-6,8-9,12H,4,7H2,1-3H3. The van der Waals surface area contributed by atoms with Gasteiger partial charge in [-0.2, -0.15) is 0 Å². The summed E-state index contributed by atoms with van der Waals surface area (Å²) < 4.78 is 5.10. The van der Waals surface area contributed by atoms with E-state index in [0.717, 1.165) is 24.2 Å². The number of benzene rings is 1. The van der Waals surface area contributed by atoms with Crippen LogP contribution in [0.3, 0.4) is 0 Å². The third-order valence-corrected chi connectivity index (χ3v) is 3.32. The summed E-state index contributed by atoms with van der Waals surface area (Å²) >= 11 is 12.5. The van der Waals surface area contributed by atoms with Crippen LogP contribution in [0.1, 0.15) is 37.6 Å². The van der Waals surface area contributed by atoms with Crippen LogP contribution in [0.2, 0.25) is 5.02 Å². The van der Waals surface area contributed by atoms with Crippen LogP contribution >= 0.6 is 23.2 Å². The summed E-state index contributed by atoms with van der Waals surface area (Å²) in [4.78, 5) is 0. The zero-order valence-electron chi connectivity index (χ0n) is 9.97. The Morgan fingerprint density at radius 3 is 2.44 bits per heavy atom. The van der Waals surface area contributed by atoms with Gasteiger partial charge in [0.15, 0.2) is 0 Å². The molecule has 1 nitrogen and oxygen atoms in total. The molecule has 0 heterocycles. The molecule has 3 heteroatoms. The molecule has 0 amide bonds. The normalized spacial score (nSPS) is 12.9. The molecule has 0 aromatic heterocycles. The molecule has 0 aliphatic rings. The van der Waals surface area contributed by atoms with Gasteiger partial charge in [-0.1, -0.05) is 31.5 Å². The molecule has 1 aromatic rings. The number of rotatable bonds is 5. The highest BCUT2D eigenvalue weighted by Crippen LogP contribution is 2.34. The Bertz CT molecular complexity index is 337. The molecule has 90 valence electrons. The van der Waals surface area contributed by atoms with Gasteiger partial charge in [0.05, 0.1) is 12.5 Å². The molecule has 0 saturated carbocycles. The monoisotopic (exact) mass is 260 g/mol. The lowest BCUT2D eigenvalue weighted by molar-refractivity contribution is 0.414. The number of methoxy groups -OCH3 is 1. The Hall–Kier alpha value is -0.400. The minimum Gasteiger partial charge on any atom is -0.497 e. The smallest absolute Gasteiger partial charge is 0.120 e. The van der Waals surface area contributed by atoms with Crippen molar-refractivity contribution < 1.29 is 4.74 Å². The van der Waals surface area contributed by atoms with E-state index in [0.29, 0.717) is 10.9 Å². The summed E-state index contributed by atoms with van der Waals surface area (Å²) in [5.74, 6) is 1.43. The first-order chi connectivity index (χ1) is 7.54. The molecule has 0 saturated heterocycles. The van der Waals surface area contributed by atoms with Crippen LogP contribution in [-0.4, -0.2) is 7.11 Å². The molecule has 0 spiro atoms. The molecular weight excluding hydrogens is 243 g/mol. The summed E-state index contributed by atoms with van der Waals surface area (Å²) in [6.07, 6.45) is 2.06. The van der Waals surface area contributed by atoms with E-state index in [1.54, 1.807) is 7.11 Å². The van der Waals surface area contributed by atoms with E-state index in [9.17, 15) is 0 Å². The van der Waals surface area contributed by atoms with Crippen LogP contribution in [0, 0.1) is 5.92 Å². The van der Waals surface area contributed by atoms with Gasteiger partial charge in [-0.25, -0.2) is 0 Å². The van der Waals surface area contributed by atoms with E-state index in [1.807, 2.05) is 18.2 Å². The predicted octanol–water partition coefficient (Wildman–Crippen LogP) is 5.06. The SMILES string of the molecule is COc1ccc(C(Cl)CCC(C)C)c(Cl)c1. The van der Waals surface area contributed by atoms with Gasteiger partial charge >= 0.3 is 0 Å². The molecule has 0 aliphatic carbocycles. The second-order valence-corrected chi connectivity index (χ2v) is 5.26.